The Hall–Kier alpha value is -0.970. The van der Waals surface area contributed by atoms with Crippen molar-refractivity contribution < 1.29 is 19.1 Å². The summed E-state index contributed by atoms with van der Waals surface area (Å²) in [4.78, 5) is 21.8. The second-order valence-electron chi connectivity index (χ2n) is 2.24. The number of ether oxygens (including phenoxy) is 2. The minimum atomic E-state index is -0.722. The number of rotatable bonds is 3. The largest absolute Gasteiger partial charge is 0.467 e. The van der Waals surface area contributed by atoms with Crippen molar-refractivity contribution in [2.75, 3.05) is 13.7 Å². The van der Waals surface area contributed by atoms with E-state index in [9.17, 15) is 9.59 Å². The highest BCUT2D eigenvalue weighted by Gasteiger charge is 2.15. The van der Waals surface area contributed by atoms with Gasteiger partial charge in [0.25, 0.3) is 0 Å². The number of nitrogens with one attached hydrogen (secondary N) is 1. The molecule has 0 unspecified atom stereocenters. The molecule has 0 aliphatic heterocycles. The molecule has 0 aliphatic carbocycles. The molecule has 14 heavy (non-hydrogen) atoms. The lowest BCUT2D eigenvalue weighted by atomic mass is 10.3. The first kappa shape index (κ1) is 13.0. The van der Waals surface area contributed by atoms with Gasteiger partial charge in [0.1, 0.15) is 6.04 Å². The maximum Gasteiger partial charge on any atom is 0.408 e. The normalized spacial score (nSPS) is 10.5. The van der Waals surface area contributed by atoms with Crippen molar-refractivity contribution in [2.45, 2.75) is 13.0 Å². The first-order valence-corrected chi connectivity index (χ1v) is 4.79. The lowest BCUT2D eigenvalue weighted by Gasteiger charge is -2.10. The summed E-state index contributed by atoms with van der Waals surface area (Å²) in [6, 6.07) is -0.722. The van der Waals surface area contributed by atoms with E-state index in [0.717, 1.165) is 0 Å². The molecule has 0 saturated heterocycles. The molecule has 0 aromatic rings. The van der Waals surface area contributed by atoms with Crippen molar-refractivity contribution in [3.8, 4) is 9.85 Å². The Bertz CT molecular complexity index is 268. The summed E-state index contributed by atoms with van der Waals surface area (Å²) in [5.74, 6) is 2.01. The van der Waals surface area contributed by atoms with Crippen LogP contribution in [-0.4, -0.2) is 31.8 Å². The van der Waals surface area contributed by atoms with Gasteiger partial charge in [-0.25, -0.2) is 9.59 Å². The van der Waals surface area contributed by atoms with Gasteiger partial charge in [0.15, 0.2) is 6.61 Å². The highest BCUT2D eigenvalue weighted by molar-refractivity contribution is 14.1. The molecule has 0 aliphatic rings. The van der Waals surface area contributed by atoms with Crippen molar-refractivity contribution in [3.63, 3.8) is 0 Å². The molecule has 1 amide bonds. The number of esters is 1. The number of amides is 1. The zero-order valence-corrected chi connectivity index (χ0v) is 9.95. The van der Waals surface area contributed by atoms with Crippen LogP contribution in [0.1, 0.15) is 6.92 Å². The Kier molecular flexibility index (Phi) is 6.92. The van der Waals surface area contributed by atoms with Crippen LogP contribution >= 0.6 is 22.6 Å². The van der Waals surface area contributed by atoms with Crippen LogP contribution in [0.25, 0.3) is 0 Å². The van der Waals surface area contributed by atoms with E-state index in [1.54, 1.807) is 0 Å². The van der Waals surface area contributed by atoms with Crippen LogP contribution in [-0.2, 0) is 14.3 Å². The molecule has 0 rings (SSSR count). The number of alkyl carbamates (subject to hydrolysis) is 1. The van der Waals surface area contributed by atoms with E-state index in [4.69, 9.17) is 0 Å². The van der Waals surface area contributed by atoms with Gasteiger partial charge in [-0.15, -0.1) is 0 Å². The Balaban J connectivity index is 3.80. The molecule has 0 saturated carbocycles. The summed E-state index contributed by atoms with van der Waals surface area (Å²) in [7, 11) is 1.24. The van der Waals surface area contributed by atoms with Crippen LogP contribution in [0.5, 0.6) is 0 Å². The SMILES string of the molecule is COC(=O)[C@H](C)NC(=O)OCC#CI. The summed E-state index contributed by atoms with van der Waals surface area (Å²) in [5, 5.41) is 2.28. The maximum absolute atomic E-state index is 10.9. The Morgan fingerprint density at radius 3 is 2.71 bits per heavy atom. The monoisotopic (exact) mass is 311 g/mol. The van der Waals surface area contributed by atoms with Crippen molar-refractivity contribution in [2.24, 2.45) is 0 Å². The molecule has 0 aromatic heterocycles. The van der Waals surface area contributed by atoms with Crippen molar-refractivity contribution in [1.29, 1.82) is 0 Å². The standard InChI is InChI=1S/C8H10INO4/c1-6(7(11)13-2)10-8(12)14-5-3-4-9/h6H,5H2,1-2H3,(H,10,12)/t6-/m0/s1. The molecule has 0 aromatic carbocycles. The number of methoxy groups -OCH3 is 1. The van der Waals surface area contributed by atoms with Crippen LogP contribution < -0.4 is 5.32 Å². The van der Waals surface area contributed by atoms with Gasteiger partial charge < -0.3 is 14.8 Å². The Morgan fingerprint density at radius 2 is 2.21 bits per heavy atom. The maximum atomic E-state index is 10.9. The molecular weight excluding hydrogens is 301 g/mol. The third-order valence-electron chi connectivity index (χ3n) is 1.23. The molecule has 0 heterocycles. The van der Waals surface area contributed by atoms with E-state index in [-0.39, 0.29) is 6.61 Å². The molecule has 0 radical (unpaired) electrons. The molecular formula is C8H10INO4. The fourth-order valence-corrected chi connectivity index (χ4v) is 0.739. The van der Waals surface area contributed by atoms with Crippen LogP contribution in [0.4, 0.5) is 4.79 Å². The molecule has 5 nitrogen and oxygen atoms in total. The molecule has 1 atom stereocenters. The van der Waals surface area contributed by atoms with Gasteiger partial charge >= 0.3 is 12.1 Å². The predicted octanol–water partition coefficient (Wildman–Crippen LogP) is 0.670. The van der Waals surface area contributed by atoms with Gasteiger partial charge in [0.05, 0.1) is 7.11 Å². The Labute approximate surface area is 95.7 Å². The average molecular weight is 311 g/mol. The highest BCUT2D eigenvalue weighted by atomic mass is 127. The van der Waals surface area contributed by atoms with Crippen LogP contribution in [0.3, 0.4) is 0 Å². The fourth-order valence-electron chi connectivity index (χ4n) is 0.583. The molecule has 0 fully saturated rings. The second-order valence-corrected chi connectivity index (χ2v) is 2.78. The number of halogens is 1. The van der Waals surface area contributed by atoms with Crippen molar-refractivity contribution in [1.82, 2.24) is 5.32 Å². The summed E-state index contributed by atoms with van der Waals surface area (Å²) in [6.07, 6.45) is -0.693. The van der Waals surface area contributed by atoms with E-state index in [0.29, 0.717) is 0 Å². The number of hydrogen-bond donors (Lipinski definition) is 1. The van der Waals surface area contributed by atoms with Gasteiger partial charge in [-0.3, -0.25) is 0 Å². The zero-order chi connectivity index (χ0) is 11.0. The topological polar surface area (TPSA) is 64.6 Å². The van der Waals surface area contributed by atoms with E-state index in [2.05, 4.69) is 24.6 Å². The Morgan fingerprint density at radius 1 is 1.57 bits per heavy atom. The molecule has 6 heteroatoms. The van der Waals surface area contributed by atoms with Gasteiger partial charge in [0, 0.05) is 22.6 Å². The zero-order valence-electron chi connectivity index (χ0n) is 7.80. The number of carbonyl (C=O) groups is 2. The number of carbonyl (C=O) groups excluding carboxylic acids is 2. The van der Waals surface area contributed by atoms with E-state index in [1.165, 1.54) is 14.0 Å². The minimum Gasteiger partial charge on any atom is -0.467 e. The van der Waals surface area contributed by atoms with Crippen LogP contribution in [0.2, 0.25) is 0 Å². The highest BCUT2D eigenvalue weighted by Crippen LogP contribution is 1.87. The summed E-state index contributed by atoms with van der Waals surface area (Å²) in [5.41, 5.74) is 0. The molecule has 1 N–H and O–H groups in total. The minimum absolute atomic E-state index is 0.00264. The smallest absolute Gasteiger partial charge is 0.408 e. The average Bonchev–Trinajstić information content (AvgIpc) is 2.16. The first-order valence-electron chi connectivity index (χ1n) is 3.71. The van der Waals surface area contributed by atoms with E-state index < -0.39 is 18.1 Å². The van der Waals surface area contributed by atoms with Crippen molar-refractivity contribution in [3.05, 3.63) is 0 Å². The quantitative estimate of drug-likeness (QED) is 0.473. The summed E-state index contributed by atoms with van der Waals surface area (Å²) in [6.45, 7) is 1.50. The molecule has 0 bridgehead atoms. The summed E-state index contributed by atoms with van der Waals surface area (Å²) < 4.78 is 11.5. The number of hydrogen-bond acceptors (Lipinski definition) is 4. The lowest BCUT2D eigenvalue weighted by Crippen LogP contribution is -2.39. The third kappa shape index (κ3) is 5.64. The van der Waals surface area contributed by atoms with E-state index >= 15 is 0 Å². The van der Waals surface area contributed by atoms with E-state index in [1.807, 2.05) is 22.6 Å². The van der Waals surface area contributed by atoms with Crippen LogP contribution in [0, 0.1) is 9.85 Å². The molecule has 0 spiro atoms. The predicted molar refractivity (Wildman–Crippen MR) is 57.8 cm³/mol. The fraction of sp³-hybridized carbons (Fsp3) is 0.500. The third-order valence-corrected chi connectivity index (χ3v) is 1.61. The summed E-state index contributed by atoms with van der Waals surface area (Å²) >= 11 is 1.83. The van der Waals surface area contributed by atoms with Gasteiger partial charge in [-0.05, 0) is 10.9 Å². The molecule has 78 valence electrons. The van der Waals surface area contributed by atoms with Gasteiger partial charge in [-0.1, -0.05) is 5.92 Å². The second kappa shape index (κ2) is 7.44. The van der Waals surface area contributed by atoms with Crippen LogP contribution in [0.15, 0.2) is 0 Å². The lowest BCUT2D eigenvalue weighted by molar-refractivity contribution is -0.142. The first-order chi connectivity index (χ1) is 6.61. The van der Waals surface area contributed by atoms with Gasteiger partial charge in [-0.2, -0.15) is 0 Å². The van der Waals surface area contributed by atoms with Crippen molar-refractivity contribution >= 4 is 34.7 Å². The van der Waals surface area contributed by atoms with Gasteiger partial charge in [0.2, 0.25) is 0 Å².